The van der Waals surface area contributed by atoms with Crippen LogP contribution in [0.3, 0.4) is 0 Å². The summed E-state index contributed by atoms with van der Waals surface area (Å²) in [4.78, 5) is 22.8. The quantitative estimate of drug-likeness (QED) is 0.825. The molecule has 2 amide bonds. The second-order valence-corrected chi connectivity index (χ2v) is 5.74. The maximum absolute atomic E-state index is 12.2. The van der Waals surface area contributed by atoms with Crippen LogP contribution in [0.4, 0.5) is 25.1 Å². The molecule has 7 nitrogen and oxygen atoms in total. The van der Waals surface area contributed by atoms with Crippen LogP contribution in [-0.2, 0) is 6.54 Å². The molecule has 2 heterocycles. The van der Waals surface area contributed by atoms with Crippen LogP contribution in [0.2, 0.25) is 0 Å². The van der Waals surface area contributed by atoms with Gasteiger partial charge in [-0.3, -0.25) is 0 Å². The summed E-state index contributed by atoms with van der Waals surface area (Å²) < 4.78 is 28.8. The van der Waals surface area contributed by atoms with Gasteiger partial charge in [-0.1, -0.05) is 6.07 Å². The van der Waals surface area contributed by atoms with Gasteiger partial charge in [0.25, 0.3) is 0 Å². The van der Waals surface area contributed by atoms with Gasteiger partial charge in [0.2, 0.25) is 0 Å². The fourth-order valence-electron chi connectivity index (χ4n) is 2.68. The second kappa shape index (κ2) is 8.41. The van der Waals surface area contributed by atoms with E-state index in [1.54, 1.807) is 12.3 Å². The van der Waals surface area contributed by atoms with Crippen molar-refractivity contribution in [1.82, 2.24) is 15.3 Å². The molecule has 0 aliphatic carbocycles. The number of hydrogen-bond acceptors (Lipinski definition) is 5. The summed E-state index contributed by atoms with van der Waals surface area (Å²) in [5, 5.41) is 5.20. The van der Waals surface area contributed by atoms with Crippen molar-refractivity contribution in [3.05, 3.63) is 42.4 Å². The van der Waals surface area contributed by atoms with Crippen LogP contribution in [-0.4, -0.2) is 35.7 Å². The summed E-state index contributed by atoms with van der Waals surface area (Å²) >= 11 is 0. The van der Waals surface area contributed by atoms with Crippen LogP contribution in [0.5, 0.6) is 5.75 Å². The van der Waals surface area contributed by atoms with Gasteiger partial charge in [0.05, 0.1) is 6.54 Å². The van der Waals surface area contributed by atoms with E-state index < -0.39 is 12.6 Å². The highest BCUT2D eigenvalue weighted by Crippen LogP contribution is 2.19. The van der Waals surface area contributed by atoms with E-state index in [-0.39, 0.29) is 12.3 Å². The molecule has 0 spiro atoms. The maximum Gasteiger partial charge on any atom is 0.387 e. The van der Waals surface area contributed by atoms with E-state index >= 15 is 0 Å². The molecule has 2 N–H and O–H groups in total. The van der Waals surface area contributed by atoms with E-state index in [0.29, 0.717) is 11.5 Å². The Bertz CT molecular complexity index is 753. The molecule has 0 saturated carbocycles. The number of anilines is 2. The number of carbonyl (C=O) groups is 1. The molecule has 26 heavy (non-hydrogen) atoms. The van der Waals surface area contributed by atoms with Gasteiger partial charge in [-0.25, -0.2) is 14.8 Å². The smallest absolute Gasteiger partial charge is 0.387 e. The van der Waals surface area contributed by atoms with E-state index in [9.17, 15) is 13.6 Å². The predicted octanol–water partition coefficient (Wildman–Crippen LogP) is 3.00. The Kier molecular flexibility index (Phi) is 5.77. The number of carbonyl (C=O) groups excluding carboxylic acids is 1. The average Bonchev–Trinajstić information content (AvgIpc) is 3.15. The predicted molar refractivity (Wildman–Crippen MR) is 92.4 cm³/mol. The molecule has 9 heteroatoms. The minimum Gasteiger partial charge on any atom is -0.435 e. The molecule has 3 rings (SSSR count). The fraction of sp³-hybridized carbons (Fsp3) is 0.353. The van der Waals surface area contributed by atoms with Crippen LogP contribution in [0.1, 0.15) is 18.7 Å². The Morgan fingerprint density at radius 3 is 2.85 bits per heavy atom. The van der Waals surface area contributed by atoms with Crippen molar-refractivity contribution in [3.8, 4) is 5.75 Å². The number of benzene rings is 1. The molecule has 2 aromatic rings. The molecule has 138 valence electrons. The number of amides is 2. The Hall–Kier alpha value is -2.97. The number of hydrogen-bond donors (Lipinski definition) is 2. The van der Waals surface area contributed by atoms with Crippen LogP contribution in [0.25, 0.3) is 0 Å². The standard InChI is InChI=1S/C17H19F2N5O2/c18-16(19)26-13-5-3-4-12(10-13)22-17(25)21-11-14-20-7-6-15(23-14)24-8-1-2-9-24/h3-7,10,16H,1-2,8-9,11H2,(H2,21,22,25). The SMILES string of the molecule is O=C(NCc1nccc(N2CCCC2)n1)Nc1cccc(OC(F)F)c1. The van der Waals surface area contributed by atoms with Gasteiger partial charge in [-0.2, -0.15) is 8.78 Å². The molecule has 1 aliphatic heterocycles. The summed E-state index contributed by atoms with van der Waals surface area (Å²) in [5.74, 6) is 1.32. The molecule has 1 fully saturated rings. The maximum atomic E-state index is 12.2. The summed E-state index contributed by atoms with van der Waals surface area (Å²) in [6.45, 7) is -0.817. The number of nitrogens with one attached hydrogen (secondary N) is 2. The van der Waals surface area contributed by atoms with Gasteiger partial charge < -0.3 is 20.3 Å². The van der Waals surface area contributed by atoms with Gasteiger partial charge in [0.15, 0.2) is 0 Å². The highest BCUT2D eigenvalue weighted by molar-refractivity contribution is 5.89. The first-order valence-corrected chi connectivity index (χ1v) is 8.27. The summed E-state index contributed by atoms with van der Waals surface area (Å²) in [6, 6.07) is 7.14. The van der Waals surface area contributed by atoms with E-state index in [1.807, 2.05) is 6.07 Å². The third-order valence-electron chi connectivity index (χ3n) is 3.84. The van der Waals surface area contributed by atoms with Crippen molar-refractivity contribution in [2.75, 3.05) is 23.3 Å². The molecule has 1 aliphatic rings. The van der Waals surface area contributed by atoms with Crippen molar-refractivity contribution in [3.63, 3.8) is 0 Å². The number of halogens is 2. The Balaban J connectivity index is 1.53. The van der Waals surface area contributed by atoms with Crippen molar-refractivity contribution < 1.29 is 18.3 Å². The summed E-state index contributed by atoms with van der Waals surface area (Å²) in [5.41, 5.74) is 0.340. The Morgan fingerprint density at radius 1 is 1.27 bits per heavy atom. The molecule has 1 saturated heterocycles. The van der Waals surface area contributed by atoms with E-state index in [0.717, 1.165) is 31.7 Å². The molecular formula is C17H19F2N5O2. The second-order valence-electron chi connectivity index (χ2n) is 5.74. The highest BCUT2D eigenvalue weighted by atomic mass is 19.3. The summed E-state index contributed by atoms with van der Waals surface area (Å²) in [7, 11) is 0. The largest absolute Gasteiger partial charge is 0.435 e. The van der Waals surface area contributed by atoms with Crippen LogP contribution >= 0.6 is 0 Å². The minimum atomic E-state index is -2.92. The monoisotopic (exact) mass is 363 g/mol. The lowest BCUT2D eigenvalue weighted by molar-refractivity contribution is -0.0497. The van der Waals surface area contributed by atoms with Crippen molar-refractivity contribution in [2.45, 2.75) is 26.0 Å². The zero-order valence-corrected chi connectivity index (χ0v) is 14.0. The van der Waals surface area contributed by atoms with Gasteiger partial charge >= 0.3 is 12.6 Å². The van der Waals surface area contributed by atoms with Gasteiger partial charge in [0, 0.05) is 31.0 Å². The number of ether oxygens (including phenoxy) is 1. The molecule has 0 unspecified atom stereocenters. The fourth-order valence-corrected chi connectivity index (χ4v) is 2.68. The molecule has 0 atom stereocenters. The first-order valence-electron chi connectivity index (χ1n) is 8.27. The van der Waals surface area contributed by atoms with Gasteiger partial charge in [-0.05, 0) is 31.0 Å². The van der Waals surface area contributed by atoms with Crippen LogP contribution in [0.15, 0.2) is 36.5 Å². The molecule has 0 bridgehead atoms. The van der Waals surface area contributed by atoms with E-state index in [2.05, 4.69) is 30.2 Å². The number of rotatable bonds is 6. The van der Waals surface area contributed by atoms with Crippen molar-refractivity contribution in [1.29, 1.82) is 0 Å². The van der Waals surface area contributed by atoms with Crippen LogP contribution in [0, 0.1) is 0 Å². The number of nitrogens with zero attached hydrogens (tertiary/aromatic N) is 3. The zero-order valence-electron chi connectivity index (χ0n) is 14.0. The lowest BCUT2D eigenvalue weighted by atomic mass is 10.3. The van der Waals surface area contributed by atoms with E-state index in [4.69, 9.17) is 0 Å². The normalized spacial score (nSPS) is 13.7. The Labute approximate surface area is 149 Å². The topological polar surface area (TPSA) is 79.4 Å². The first-order chi connectivity index (χ1) is 12.6. The number of alkyl halides is 2. The van der Waals surface area contributed by atoms with Crippen molar-refractivity contribution >= 4 is 17.5 Å². The third kappa shape index (κ3) is 5.01. The lowest BCUT2D eigenvalue weighted by Gasteiger charge is -2.16. The molecule has 1 aromatic carbocycles. The number of urea groups is 1. The van der Waals surface area contributed by atoms with Gasteiger partial charge in [-0.15, -0.1) is 0 Å². The molecular weight excluding hydrogens is 344 g/mol. The third-order valence-corrected chi connectivity index (χ3v) is 3.84. The summed E-state index contributed by atoms with van der Waals surface area (Å²) in [6.07, 6.45) is 3.96. The van der Waals surface area contributed by atoms with Gasteiger partial charge in [0.1, 0.15) is 17.4 Å². The molecule has 0 radical (unpaired) electrons. The first kappa shape index (κ1) is 17.8. The van der Waals surface area contributed by atoms with Crippen molar-refractivity contribution in [2.24, 2.45) is 0 Å². The Morgan fingerprint density at radius 2 is 2.08 bits per heavy atom. The highest BCUT2D eigenvalue weighted by Gasteiger charge is 2.14. The molecule has 1 aromatic heterocycles. The lowest BCUT2D eigenvalue weighted by Crippen LogP contribution is -2.29. The average molecular weight is 363 g/mol. The minimum absolute atomic E-state index is 0.0283. The van der Waals surface area contributed by atoms with Crippen LogP contribution < -0.4 is 20.3 Å². The zero-order chi connectivity index (χ0) is 18.4. The van der Waals surface area contributed by atoms with E-state index in [1.165, 1.54) is 18.2 Å². The number of aromatic nitrogens is 2.